The summed E-state index contributed by atoms with van der Waals surface area (Å²) in [6.07, 6.45) is 4.45. The Morgan fingerprint density at radius 3 is 3.20 bits per heavy atom. The summed E-state index contributed by atoms with van der Waals surface area (Å²) in [6.45, 7) is 3.41. The highest BCUT2D eigenvalue weighted by Crippen LogP contribution is 2.13. The van der Waals surface area contributed by atoms with Crippen molar-refractivity contribution in [2.24, 2.45) is 0 Å². The Balaban J connectivity index is 1.72. The van der Waals surface area contributed by atoms with Gasteiger partial charge in [-0.1, -0.05) is 0 Å². The van der Waals surface area contributed by atoms with Gasteiger partial charge in [0, 0.05) is 25.4 Å². The fraction of sp³-hybridized carbons (Fsp3) is 0.600. The molecule has 1 N–H and O–H groups in total. The molecular weight excluding hydrogens is 194 g/mol. The van der Waals surface area contributed by atoms with E-state index in [0.29, 0.717) is 0 Å². The smallest absolute Gasteiger partial charge is 0.323 e. The average molecular weight is 209 g/mol. The lowest BCUT2D eigenvalue weighted by molar-refractivity contribution is -0.142. The van der Waals surface area contributed by atoms with Gasteiger partial charge < -0.3 is 10.1 Å². The maximum atomic E-state index is 11.3. The van der Waals surface area contributed by atoms with E-state index in [1.807, 2.05) is 23.9 Å². The largest absolute Gasteiger partial charge is 0.461 e. The third-order valence-corrected chi connectivity index (χ3v) is 2.46. The fourth-order valence-corrected chi connectivity index (χ4v) is 1.71. The molecule has 82 valence electrons. The van der Waals surface area contributed by atoms with E-state index in [1.165, 1.54) is 0 Å². The van der Waals surface area contributed by atoms with Gasteiger partial charge in [-0.3, -0.25) is 9.48 Å². The van der Waals surface area contributed by atoms with E-state index in [4.69, 9.17) is 4.74 Å². The fourth-order valence-electron chi connectivity index (χ4n) is 1.71. The van der Waals surface area contributed by atoms with Gasteiger partial charge in [-0.05, 0) is 13.0 Å². The molecule has 1 aromatic rings. The maximum Gasteiger partial charge on any atom is 0.323 e. The van der Waals surface area contributed by atoms with Gasteiger partial charge in [0.2, 0.25) is 0 Å². The second kappa shape index (κ2) is 4.44. The summed E-state index contributed by atoms with van der Waals surface area (Å²) in [7, 11) is 0. The molecule has 0 bridgehead atoms. The molecule has 1 aliphatic heterocycles. The van der Waals surface area contributed by atoms with Crippen molar-refractivity contribution in [1.82, 2.24) is 15.1 Å². The molecular formula is C10H15N3O2. The molecule has 0 spiro atoms. The van der Waals surface area contributed by atoms with E-state index in [1.54, 1.807) is 6.20 Å². The van der Waals surface area contributed by atoms with Crippen LogP contribution < -0.4 is 5.32 Å². The maximum absolute atomic E-state index is 11.3. The van der Waals surface area contributed by atoms with Crippen LogP contribution in [0.25, 0.3) is 0 Å². The van der Waals surface area contributed by atoms with Crippen molar-refractivity contribution in [3.05, 3.63) is 18.5 Å². The molecule has 2 atom stereocenters. The second-order valence-electron chi connectivity index (χ2n) is 3.76. The van der Waals surface area contributed by atoms with Gasteiger partial charge in [-0.15, -0.1) is 0 Å². The van der Waals surface area contributed by atoms with E-state index in [0.717, 1.165) is 19.5 Å². The first-order chi connectivity index (χ1) is 7.25. The van der Waals surface area contributed by atoms with Crippen molar-refractivity contribution in [2.75, 3.05) is 6.54 Å². The van der Waals surface area contributed by atoms with E-state index in [-0.39, 0.29) is 18.1 Å². The van der Waals surface area contributed by atoms with E-state index < -0.39 is 0 Å². The van der Waals surface area contributed by atoms with Gasteiger partial charge in [0.05, 0.1) is 6.54 Å². The number of hydrogen-bond acceptors (Lipinski definition) is 4. The number of nitrogens with one attached hydrogen (secondary N) is 1. The van der Waals surface area contributed by atoms with Crippen molar-refractivity contribution in [1.29, 1.82) is 0 Å². The summed E-state index contributed by atoms with van der Waals surface area (Å²) < 4.78 is 6.87. The SMILES string of the molecule is C[C@@H]1C[C@H](NCCn2cccn2)C(=O)O1. The molecule has 1 aromatic heterocycles. The Kier molecular flexibility index (Phi) is 3.01. The van der Waals surface area contributed by atoms with E-state index in [2.05, 4.69) is 10.4 Å². The van der Waals surface area contributed by atoms with Crippen molar-refractivity contribution in [2.45, 2.75) is 32.0 Å². The zero-order valence-electron chi connectivity index (χ0n) is 8.72. The number of aromatic nitrogens is 2. The van der Waals surface area contributed by atoms with E-state index in [9.17, 15) is 4.79 Å². The molecule has 0 saturated carbocycles. The number of rotatable bonds is 4. The lowest BCUT2D eigenvalue weighted by Crippen LogP contribution is -2.35. The quantitative estimate of drug-likeness (QED) is 0.718. The topological polar surface area (TPSA) is 56.2 Å². The number of cyclic esters (lactones) is 1. The van der Waals surface area contributed by atoms with Crippen LogP contribution in [0.1, 0.15) is 13.3 Å². The molecule has 2 rings (SSSR count). The second-order valence-corrected chi connectivity index (χ2v) is 3.76. The minimum atomic E-state index is -0.143. The number of carbonyl (C=O) groups is 1. The normalized spacial score (nSPS) is 25.5. The summed E-state index contributed by atoms with van der Waals surface area (Å²) in [4.78, 5) is 11.3. The van der Waals surface area contributed by atoms with Crippen LogP contribution in [0.2, 0.25) is 0 Å². The number of ether oxygens (including phenoxy) is 1. The molecule has 0 aromatic carbocycles. The highest BCUT2D eigenvalue weighted by Gasteiger charge is 2.30. The average Bonchev–Trinajstić information content (AvgIpc) is 2.77. The number of nitrogens with zero attached hydrogens (tertiary/aromatic N) is 2. The first-order valence-corrected chi connectivity index (χ1v) is 5.17. The van der Waals surface area contributed by atoms with Crippen molar-refractivity contribution in [3.63, 3.8) is 0 Å². The predicted octanol–water partition coefficient (Wildman–Crippen LogP) is 0.177. The Labute approximate surface area is 88.4 Å². The molecule has 1 fully saturated rings. The van der Waals surface area contributed by atoms with Gasteiger partial charge in [0.15, 0.2) is 0 Å². The molecule has 2 heterocycles. The lowest BCUT2D eigenvalue weighted by atomic mass is 10.2. The van der Waals surface area contributed by atoms with Crippen LogP contribution >= 0.6 is 0 Å². The van der Waals surface area contributed by atoms with Crippen molar-refractivity contribution < 1.29 is 9.53 Å². The molecule has 0 radical (unpaired) electrons. The van der Waals surface area contributed by atoms with Crippen LogP contribution in [0, 0.1) is 0 Å². The number of carbonyl (C=O) groups excluding carboxylic acids is 1. The predicted molar refractivity (Wildman–Crippen MR) is 54.2 cm³/mol. The minimum absolute atomic E-state index is 0.0414. The van der Waals surface area contributed by atoms with Gasteiger partial charge in [0.25, 0.3) is 0 Å². The van der Waals surface area contributed by atoms with Crippen LogP contribution in [0.15, 0.2) is 18.5 Å². The highest BCUT2D eigenvalue weighted by molar-refractivity contribution is 5.77. The molecule has 0 aliphatic carbocycles. The summed E-state index contributed by atoms with van der Waals surface area (Å²) >= 11 is 0. The van der Waals surface area contributed by atoms with Gasteiger partial charge >= 0.3 is 5.97 Å². The Bertz CT molecular complexity index is 323. The van der Waals surface area contributed by atoms with Crippen LogP contribution in [0.3, 0.4) is 0 Å². The standard InChI is InChI=1S/C10H15N3O2/c1-8-7-9(10(14)15-8)11-4-6-13-5-2-3-12-13/h2-3,5,8-9,11H,4,6-7H2,1H3/t8-,9+/m1/s1. The third-order valence-electron chi connectivity index (χ3n) is 2.46. The highest BCUT2D eigenvalue weighted by atomic mass is 16.6. The van der Waals surface area contributed by atoms with Crippen LogP contribution in [0.4, 0.5) is 0 Å². The van der Waals surface area contributed by atoms with Gasteiger partial charge in [-0.2, -0.15) is 5.10 Å². The van der Waals surface area contributed by atoms with Crippen molar-refractivity contribution in [3.8, 4) is 0 Å². The van der Waals surface area contributed by atoms with Gasteiger partial charge in [-0.25, -0.2) is 0 Å². The van der Waals surface area contributed by atoms with Crippen LogP contribution in [-0.2, 0) is 16.1 Å². The van der Waals surface area contributed by atoms with Crippen molar-refractivity contribution >= 4 is 5.97 Å². The summed E-state index contributed by atoms with van der Waals surface area (Å²) in [5.74, 6) is -0.136. The molecule has 1 saturated heterocycles. The Morgan fingerprint density at radius 1 is 1.73 bits per heavy atom. The summed E-state index contributed by atoms with van der Waals surface area (Å²) in [6, 6.07) is 1.74. The molecule has 0 unspecified atom stereocenters. The molecule has 5 nitrogen and oxygen atoms in total. The minimum Gasteiger partial charge on any atom is -0.461 e. The zero-order valence-corrected chi connectivity index (χ0v) is 8.72. The van der Waals surface area contributed by atoms with Gasteiger partial charge in [0.1, 0.15) is 12.1 Å². The Morgan fingerprint density at radius 2 is 2.60 bits per heavy atom. The van der Waals surface area contributed by atoms with Crippen LogP contribution in [-0.4, -0.2) is 34.4 Å². The third kappa shape index (κ3) is 2.56. The molecule has 1 aliphatic rings. The number of esters is 1. The Hall–Kier alpha value is -1.36. The summed E-state index contributed by atoms with van der Waals surface area (Å²) in [5.41, 5.74) is 0. The first kappa shape index (κ1) is 10.2. The molecule has 5 heteroatoms. The first-order valence-electron chi connectivity index (χ1n) is 5.17. The molecule has 0 amide bonds. The molecule has 15 heavy (non-hydrogen) atoms. The monoisotopic (exact) mass is 209 g/mol. The van der Waals surface area contributed by atoms with Crippen LogP contribution in [0.5, 0.6) is 0 Å². The van der Waals surface area contributed by atoms with E-state index >= 15 is 0 Å². The summed E-state index contributed by atoms with van der Waals surface area (Å²) in [5, 5.41) is 7.24. The lowest BCUT2D eigenvalue weighted by Gasteiger charge is -2.08. The zero-order chi connectivity index (χ0) is 10.7. The number of hydrogen-bond donors (Lipinski definition) is 1.